The molecule has 0 radical (unpaired) electrons. The van der Waals surface area contributed by atoms with Crippen molar-refractivity contribution in [2.45, 2.75) is 397 Å². The fourth-order valence-electron chi connectivity index (χ4n) is 23.8. The second-order valence-electron chi connectivity index (χ2n) is 42.0. The number of unbranched alkanes of at least 4 members (excludes halogenated alkanes) is 1. The number of ketones is 2. The van der Waals surface area contributed by atoms with Crippen LogP contribution in [0.25, 0.3) is 0 Å². The van der Waals surface area contributed by atoms with Gasteiger partial charge in [-0.15, -0.1) is 5.10 Å². The molecule has 27 aliphatic rings. The Bertz CT molecular complexity index is 4750. The number of Topliss-reactive ketones (excluding diaryl/α,β-unsaturated/α-hetero) is 2. The van der Waals surface area contributed by atoms with Gasteiger partial charge in [-0.3, -0.25) is 34.1 Å². The van der Waals surface area contributed by atoms with Crippen molar-refractivity contribution in [1.82, 2.24) is 30.9 Å². The van der Waals surface area contributed by atoms with Gasteiger partial charge < -0.3 is 176 Å². The number of aryl methyl sites for hydroxylation is 2. The number of hydrogen-bond donors (Lipinski definition) is 23. The predicted octanol–water partition coefficient (Wildman–Crippen LogP) is -3.97. The number of rotatable bonds is 25. The summed E-state index contributed by atoms with van der Waals surface area (Å²) in [6.07, 6.45) is -46.0. The molecule has 45 heteroatoms. The highest BCUT2D eigenvalue weighted by atomic mass is 16.8. The Hall–Kier alpha value is -6.48. The van der Waals surface area contributed by atoms with Crippen molar-refractivity contribution in [3.05, 3.63) is 70.0 Å². The van der Waals surface area contributed by atoms with Crippen LogP contribution in [0.15, 0.2) is 36.4 Å². The summed E-state index contributed by atoms with van der Waals surface area (Å²) in [7, 11) is 1.88. The van der Waals surface area contributed by atoms with Crippen LogP contribution in [0.5, 0.6) is 0 Å². The molecular formula is C97H149N9O36. The van der Waals surface area contributed by atoms with Crippen molar-refractivity contribution in [2.75, 3.05) is 64.3 Å². The van der Waals surface area contributed by atoms with Crippen LogP contribution in [0.3, 0.4) is 0 Å². The largest absolute Gasteiger partial charge is 0.399 e. The summed E-state index contributed by atoms with van der Waals surface area (Å²) in [6, 6.07) is 10.9. The van der Waals surface area contributed by atoms with Gasteiger partial charge in [0.15, 0.2) is 49.3 Å². The summed E-state index contributed by atoms with van der Waals surface area (Å²) in [5.41, 5.74) is 17.7. The van der Waals surface area contributed by atoms with Crippen LogP contribution in [0.4, 0.5) is 11.4 Å². The van der Waals surface area contributed by atoms with Gasteiger partial charge in [0.05, 0.1) is 68.2 Å². The van der Waals surface area contributed by atoms with Crippen molar-refractivity contribution in [1.29, 1.82) is 0 Å². The third-order valence-electron chi connectivity index (χ3n) is 32.0. The average Bonchev–Trinajstić information content (AvgIpc) is 0.756. The minimum atomic E-state index is -2.18. The molecule has 24 fully saturated rings. The second-order valence-corrected chi connectivity index (χ2v) is 42.0. The third kappa shape index (κ3) is 23.0. The fourth-order valence-corrected chi connectivity index (χ4v) is 23.8. The monoisotopic (exact) mass is 2020 g/mol. The van der Waals surface area contributed by atoms with E-state index in [1.165, 1.54) is 28.3 Å². The Kier molecular flexibility index (Phi) is 36.9. The summed E-state index contributed by atoms with van der Waals surface area (Å²) in [4.78, 5) is 81.2. The quantitative estimate of drug-likeness (QED) is 0.0219. The van der Waals surface area contributed by atoms with E-state index in [0.717, 1.165) is 101 Å². The number of hydrogen-bond acceptors (Lipinski definition) is 41. The van der Waals surface area contributed by atoms with Gasteiger partial charge in [-0.1, -0.05) is 97.9 Å². The van der Waals surface area contributed by atoms with E-state index in [2.05, 4.69) is 83.5 Å². The number of nitrogens with two attached hydrogens (primary N) is 2. The van der Waals surface area contributed by atoms with E-state index in [1.54, 1.807) is 6.92 Å². The molecule has 1 aromatic heterocycles. The molecule has 31 unspecified atom stereocenters. The number of ether oxygens (including phenoxy) is 13. The molecule has 25 N–H and O–H groups in total. The molecule has 22 saturated heterocycles. The molecule has 5 aliphatic carbocycles. The average molecular weight is 2020 g/mol. The number of carbonyl (C=O) groups is 6. The van der Waals surface area contributed by atoms with E-state index < -0.39 is 259 Å². The number of aliphatic hydroxyl groups is 17. The lowest BCUT2D eigenvalue weighted by Gasteiger charge is -2.56. The van der Waals surface area contributed by atoms with Crippen molar-refractivity contribution < 1.29 is 177 Å². The third-order valence-corrected chi connectivity index (χ3v) is 32.0. The molecule has 0 spiro atoms. The van der Waals surface area contributed by atoms with Gasteiger partial charge in [-0.05, 0) is 179 Å². The number of imide groups is 1. The molecule has 23 heterocycles. The molecule has 2 saturated carbocycles. The van der Waals surface area contributed by atoms with E-state index in [1.807, 2.05) is 33.0 Å². The summed E-state index contributed by atoms with van der Waals surface area (Å²) in [6.45, 7) is 10.7. The molecule has 798 valence electrons. The van der Waals surface area contributed by atoms with Crippen molar-refractivity contribution in [3.63, 3.8) is 0 Å². The molecule has 30 rings (SSSR count). The zero-order chi connectivity index (χ0) is 103. The minimum Gasteiger partial charge on any atom is -0.399 e. The molecular weight excluding hydrogens is 1870 g/mol. The van der Waals surface area contributed by atoms with Crippen LogP contribution in [0, 0.1) is 34.5 Å². The number of anilines is 2. The molecule has 12 bridgehead atoms. The smallest absolute Gasteiger partial charge is 0.237 e. The van der Waals surface area contributed by atoms with Gasteiger partial charge in [0, 0.05) is 23.7 Å². The normalized spacial score (nSPS) is 40.8. The van der Waals surface area contributed by atoms with Gasteiger partial charge in [-0.2, -0.15) is 0 Å². The second kappa shape index (κ2) is 47.2. The number of aliphatic hydroxyl groups excluding tert-OH is 17. The molecule has 3 aromatic rings. The highest BCUT2D eigenvalue weighted by Gasteiger charge is 2.63. The number of fused-ring (bicyclic) bond motifs is 7. The lowest BCUT2D eigenvalue weighted by molar-refractivity contribution is -0.403. The SMILES string of the molecule is CC(=O)COC1CCCCCc2c1nnn2CC1OC2OC3C(CO)OC(OC4C(CO)OC(OC5C(CO)OC(OC6C(CO)OC(OC7C(CO)OC(OC1C(O)C2O)C(O)C7O)C(O)C6O)C(O)C5O)C(O)C4O)C(O)C3O.CNCCCC[C@@H](N)C(=O)N[C@H](C(=O)C[C@@H](C)C(=O)Nc1ccc2c(c1)[C@@]1(C)CCC[C@](C)(C(=O)NC(=O)[C@@]3(C)CCC[C@]4(C)c5cc(N)ccc5CC[C@@H]34)[C@@H]1CC2)C(C)C. The predicted molar refractivity (Wildman–Crippen MR) is 493 cm³/mol. The molecule has 4 amide bonds. The number of aromatic nitrogens is 3. The molecule has 40 atom stereocenters. The van der Waals surface area contributed by atoms with Gasteiger partial charge in [0.25, 0.3) is 0 Å². The maximum absolute atomic E-state index is 14.7. The first-order chi connectivity index (χ1) is 67.5. The van der Waals surface area contributed by atoms with Crippen molar-refractivity contribution >= 4 is 46.6 Å². The first-order valence-electron chi connectivity index (χ1n) is 50.0. The van der Waals surface area contributed by atoms with Gasteiger partial charge in [-0.25, -0.2) is 4.68 Å². The standard InChI is InChI=1S/C50H74N6O5.C47H75N3O31/c1-30(2)42(55-44(59)38(52)13-9-10-26-53-8)39(57)27-31(3)43(58)54-35-19-15-33-17-21-41-48(5,37(33)29-35)23-12-25-50(41,7)46(61)56-45(60)49(6)24-11-22-47(4)36-28-34(51)18-14-32(36)16-20-40(47)49;1-14(56)13-69-16-6-4-2-3-5-15-23(16)48-49-50(15)7-17-36-24(57)30(63)42(70-17)77-37-18(8-51)72-44(32(65)26(37)59)79-39-20(10-53)74-46(34(67)28(39)61)81-41-22(12-55)75-47(35(68)29(41)62)80-40-21(11-54)73-45(33(66)27(40)60)78-38-19(9-52)71-43(76-36)31(64)25(38)58/h14-15,18-19,28-31,38,40-42,53H,9-13,16-17,20-27,51-52H2,1-8H3,(H,54,58)(H,55,59)(H,56,60,61);16-22,24-47,51-55,57-68H,2-13H2,1H3/t31-,38-,40-,41-,42+,47-,48-,49+,50+;/m1./s1. The van der Waals surface area contributed by atoms with Crippen LogP contribution >= 0.6 is 0 Å². The van der Waals surface area contributed by atoms with E-state index in [0.29, 0.717) is 49.2 Å². The lowest BCUT2D eigenvalue weighted by atomic mass is 9.49. The fraction of sp³-hybridized carbons (Fsp3) is 0.794. The van der Waals surface area contributed by atoms with Crippen LogP contribution in [0.1, 0.15) is 198 Å². The first kappa shape index (κ1) is 111. The molecule has 22 aliphatic heterocycles. The number of nitrogen functional groups attached to an aromatic ring is 1. The minimum absolute atomic E-state index is 0.00449. The van der Waals surface area contributed by atoms with Gasteiger partial charge in [0.1, 0.15) is 165 Å². The van der Waals surface area contributed by atoms with Crippen LogP contribution < -0.4 is 32.7 Å². The topological polar surface area (TPSA) is 697 Å². The Morgan fingerprint density at radius 2 is 0.901 bits per heavy atom. The highest BCUT2D eigenvalue weighted by Crippen LogP contribution is 2.61. The van der Waals surface area contributed by atoms with Gasteiger partial charge >= 0.3 is 0 Å². The summed E-state index contributed by atoms with van der Waals surface area (Å²) in [5.74, 6) is -2.09. The maximum Gasteiger partial charge on any atom is 0.237 e. The van der Waals surface area contributed by atoms with Gasteiger partial charge in [0.2, 0.25) is 23.6 Å². The Balaban J connectivity index is 0.000000235. The molecule has 45 nitrogen and oxygen atoms in total. The Morgan fingerprint density at radius 3 is 1.31 bits per heavy atom. The van der Waals surface area contributed by atoms with E-state index in [9.17, 15) is 116 Å². The molecule has 2 aromatic carbocycles. The lowest BCUT2D eigenvalue weighted by Crippen LogP contribution is -2.69. The number of amides is 4. The van der Waals surface area contributed by atoms with Crippen molar-refractivity contribution in [2.24, 2.45) is 40.2 Å². The van der Waals surface area contributed by atoms with Crippen LogP contribution in [0.2, 0.25) is 0 Å². The van der Waals surface area contributed by atoms with Crippen LogP contribution in [-0.2, 0) is 127 Å². The Morgan fingerprint density at radius 1 is 0.493 bits per heavy atom. The zero-order valence-electron chi connectivity index (χ0n) is 81.8. The number of carbonyl (C=O) groups excluding carboxylic acids is 6. The number of nitrogens with one attached hydrogen (secondary N) is 4. The Labute approximate surface area is 822 Å². The zero-order valence-corrected chi connectivity index (χ0v) is 81.8. The van der Waals surface area contributed by atoms with Crippen LogP contribution in [-0.4, -0.2) is 387 Å². The molecule has 142 heavy (non-hydrogen) atoms. The maximum atomic E-state index is 14.7. The van der Waals surface area contributed by atoms with E-state index in [-0.39, 0.29) is 76.8 Å². The summed E-state index contributed by atoms with van der Waals surface area (Å²) in [5, 5.41) is 212. The summed E-state index contributed by atoms with van der Waals surface area (Å²) < 4.78 is 77.8. The van der Waals surface area contributed by atoms with E-state index >= 15 is 0 Å². The highest BCUT2D eigenvalue weighted by molar-refractivity contribution is 6.01. The summed E-state index contributed by atoms with van der Waals surface area (Å²) >= 11 is 0. The van der Waals surface area contributed by atoms with E-state index in [4.69, 9.17) is 73.0 Å². The number of nitrogens with zero attached hydrogens (tertiary/aromatic N) is 3. The number of benzene rings is 2. The van der Waals surface area contributed by atoms with Crippen molar-refractivity contribution in [3.8, 4) is 0 Å². The first-order valence-corrected chi connectivity index (χ1v) is 50.0.